The highest BCUT2D eigenvalue weighted by molar-refractivity contribution is 7.00. The average molecular weight is 1320 g/mol. The number of nitrogens with zero attached hydrogens (tertiary/aromatic N) is 3. The molecule has 4 heteroatoms. The Labute approximate surface area is 608 Å². The summed E-state index contributed by atoms with van der Waals surface area (Å²) in [6, 6.07) is 134. The molecule has 0 saturated carbocycles. The van der Waals surface area contributed by atoms with Gasteiger partial charge in [-0.15, -0.1) is 0 Å². The monoisotopic (exact) mass is 1320 g/mol. The zero-order valence-electron chi connectivity index (χ0n) is 59.5. The van der Waals surface area contributed by atoms with E-state index in [0.717, 1.165) is 73.3 Å². The minimum Gasteiger partial charge on any atom is -0.344 e. The molecule has 15 aromatic carbocycles. The second-order valence-corrected chi connectivity index (χ2v) is 29.7. The van der Waals surface area contributed by atoms with Gasteiger partial charge >= 0.3 is 0 Å². The van der Waals surface area contributed by atoms with Gasteiger partial charge in [-0.1, -0.05) is 333 Å². The highest BCUT2D eigenvalue weighted by atomic mass is 15.2. The first-order valence-corrected chi connectivity index (χ1v) is 36.1. The van der Waals surface area contributed by atoms with Gasteiger partial charge in [0.25, 0.3) is 6.71 Å². The highest BCUT2D eigenvalue weighted by Gasteiger charge is 2.45. The molecule has 15 aromatic rings. The molecule has 2 aliphatic rings. The summed E-state index contributed by atoms with van der Waals surface area (Å²) in [5.74, 6) is 0. The number of anilines is 8. The van der Waals surface area contributed by atoms with Crippen LogP contribution in [0.2, 0.25) is 0 Å². The van der Waals surface area contributed by atoms with Crippen molar-refractivity contribution in [2.24, 2.45) is 0 Å². The lowest BCUT2D eigenvalue weighted by Crippen LogP contribution is -2.61. The first-order chi connectivity index (χ1) is 50.3. The average Bonchev–Trinajstić information content (AvgIpc) is 0.693. The SMILES string of the molecule is CN(c1cc2c3c(c1)N(c1ccc(C(C)(C)C)cc1)c1ccc(-c4ccccc4-c4cccc(-c5ccccc5)c4)cc1B3c1cc(-c3ccccc3-c3cccc(-c4ccccc4)c3)ccc1N2c1ccc(C(C)(C)C)cc1)c1cc(-c2ccccc2)ccc1-c1ccc(-c2ccccc2)cc1. The molecule has 0 bridgehead atoms. The van der Waals surface area contributed by atoms with Gasteiger partial charge < -0.3 is 14.7 Å². The van der Waals surface area contributed by atoms with Crippen LogP contribution in [0.1, 0.15) is 52.7 Å². The summed E-state index contributed by atoms with van der Waals surface area (Å²) in [5, 5.41) is 0. The van der Waals surface area contributed by atoms with Gasteiger partial charge in [0.15, 0.2) is 0 Å². The maximum absolute atomic E-state index is 2.59. The van der Waals surface area contributed by atoms with Crippen LogP contribution in [0.25, 0.3) is 100 Å². The molecule has 2 aliphatic heterocycles. The highest BCUT2D eigenvalue weighted by Crippen LogP contribution is 2.50. The summed E-state index contributed by atoms with van der Waals surface area (Å²) in [6.07, 6.45) is 0. The summed E-state index contributed by atoms with van der Waals surface area (Å²) in [6.45, 7) is 13.6. The van der Waals surface area contributed by atoms with Gasteiger partial charge in [0.05, 0.1) is 0 Å². The maximum Gasteiger partial charge on any atom is 0.252 e. The van der Waals surface area contributed by atoms with Gasteiger partial charge in [0.2, 0.25) is 0 Å². The molecular formula is C99H80BN3. The fraction of sp³-hybridized carbons (Fsp3) is 0.0909. The lowest BCUT2D eigenvalue weighted by molar-refractivity contribution is 0.590. The van der Waals surface area contributed by atoms with E-state index in [-0.39, 0.29) is 17.5 Å². The molecule has 17 rings (SSSR count). The molecule has 494 valence electrons. The predicted molar refractivity (Wildman–Crippen MR) is 441 cm³/mol. The third-order valence-corrected chi connectivity index (χ3v) is 21.2. The van der Waals surface area contributed by atoms with Gasteiger partial charge in [0, 0.05) is 58.1 Å². The van der Waals surface area contributed by atoms with E-state index in [0.29, 0.717) is 0 Å². The molecule has 0 unspecified atom stereocenters. The van der Waals surface area contributed by atoms with Gasteiger partial charge in [-0.25, -0.2) is 0 Å². The zero-order chi connectivity index (χ0) is 69.9. The minimum atomic E-state index is -0.230. The van der Waals surface area contributed by atoms with Crippen LogP contribution in [0.5, 0.6) is 0 Å². The lowest BCUT2D eigenvalue weighted by atomic mass is 9.33. The number of benzene rings is 15. The van der Waals surface area contributed by atoms with Crippen LogP contribution in [0.3, 0.4) is 0 Å². The predicted octanol–water partition coefficient (Wildman–Crippen LogP) is 25.1. The van der Waals surface area contributed by atoms with Crippen molar-refractivity contribution in [3.63, 3.8) is 0 Å². The Morgan fingerprint density at radius 2 is 0.553 bits per heavy atom. The molecule has 0 spiro atoms. The third-order valence-electron chi connectivity index (χ3n) is 21.2. The van der Waals surface area contributed by atoms with Crippen molar-refractivity contribution in [2.45, 2.75) is 52.4 Å². The Morgan fingerprint density at radius 3 is 0.951 bits per heavy atom. The first-order valence-electron chi connectivity index (χ1n) is 36.1. The summed E-state index contributed by atoms with van der Waals surface area (Å²) < 4.78 is 0. The minimum absolute atomic E-state index is 0.0598. The molecule has 0 atom stereocenters. The van der Waals surface area contributed by atoms with Gasteiger partial charge in [-0.2, -0.15) is 0 Å². The molecule has 0 aliphatic carbocycles. The van der Waals surface area contributed by atoms with E-state index < -0.39 is 0 Å². The zero-order valence-corrected chi connectivity index (χ0v) is 59.5. The van der Waals surface area contributed by atoms with Crippen molar-refractivity contribution in [3.05, 3.63) is 369 Å². The van der Waals surface area contributed by atoms with Crippen LogP contribution < -0.4 is 31.1 Å². The molecule has 0 fully saturated rings. The number of hydrogen-bond acceptors (Lipinski definition) is 3. The maximum atomic E-state index is 2.59. The van der Waals surface area contributed by atoms with Gasteiger partial charge in [-0.05, 0) is 200 Å². The van der Waals surface area contributed by atoms with Crippen LogP contribution in [0, 0.1) is 0 Å². The van der Waals surface area contributed by atoms with E-state index in [1.54, 1.807) is 0 Å². The molecule has 0 saturated heterocycles. The van der Waals surface area contributed by atoms with Crippen molar-refractivity contribution in [2.75, 3.05) is 21.7 Å². The van der Waals surface area contributed by atoms with Gasteiger partial charge in [-0.3, -0.25) is 0 Å². The van der Waals surface area contributed by atoms with Crippen LogP contribution in [0.4, 0.5) is 45.5 Å². The largest absolute Gasteiger partial charge is 0.344 e. The van der Waals surface area contributed by atoms with E-state index in [4.69, 9.17) is 0 Å². The fourth-order valence-corrected chi connectivity index (χ4v) is 15.7. The Morgan fingerprint density at radius 1 is 0.243 bits per heavy atom. The summed E-state index contributed by atoms with van der Waals surface area (Å²) in [5.41, 5.74) is 36.2. The second-order valence-electron chi connectivity index (χ2n) is 29.7. The van der Waals surface area contributed by atoms with E-state index in [9.17, 15) is 0 Å². The topological polar surface area (TPSA) is 9.72 Å². The molecule has 3 nitrogen and oxygen atoms in total. The number of hydrogen-bond donors (Lipinski definition) is 0. The fourth-order valence-electron chi connectivity index (χ4n) is 15.7. The molecule has 0 radical (unpaired) electrons. The summed E-state index contributed by atoms with van der Waals surface area (Å²) in [7, 11) is 2.27. The number of fused-ring (bicyclic) bond motifs is 4. The van der Waals surface area contributed by atoms with E-state index in [1.807, 2.05) is 0 Å². The van der Waals surface area contributed by atoms with Crippen molar-refractivity contribution < 1.29 is 0 Å². The molecule has 0 N–H and O–H groups in total. The Balaban J connectivity index is 0.931. The molecule has 0 aromatic heterocycles. The van der Waals surface area contributed by atoms with Gasteiger partial charge in [0.1, 0.15) is 0 Å². The quantitative estimate of drug-likeness (QED) is 0.107. The normalized spacial score (nSPS) is 12.4. The molecule has 103 heavy (non-hydrogen) atoms. The van der Waals surface area contributed by atoms with E-state index in [1.165, 1.54) is 99.8 Å². The first kappa shape index (κ1) is 64.2. The Hall–Kier alpha value is -12.2. The van der Waals surface area contributed by atoms with Crippen molar-refractivity contribution in [1.82, 2.24) is 0 Å². The van der Waals surface area contributed by atoms with Crippen LogP contribution in [-0.4, -0.2) is 13.8 Å². The molecule has 2 heterocycles. The van der Waals surface area contributed by atoms with Crippen molar-refractivity contribution in [1.29, 1.82) is 0 Å². The summed E-state index contributed by atoms with van der Waals surface area (Å²) >= 11 is 0. The van der Waals surface area contributed by atoms with E-state index >= 15 is 0 Å². The van der Waals surface area contributed by atoms with Crippen LogP contribution in [-0.2, 0) is 10.8 Å². The van der Waals surface area contributed by atoms with Crippen molar-refractivity contribution in [3.8, 4) is 100 Å². The van der Waals surface area contributed by atoms with Crippen LogP contribution in [0.15, 0.2) is 358 Å². The Bertz CT molecular complexity index is 5380. The summed E-state index contributed by atoms with van der Waals surface area (Å²) in [4.78, 5) is 7.62. The van der Waals surface area contributed by atoms with Crippen LogP contribution >= 0.6 is 0 Å². The third kappa shape index (κ3) is 12.1. The smallest absolute Gasteiger partial charge is 0.252 e. The number of rotatable bonds is 13. The molecular weight excluding hydrogens is 1240 g/mol. The molecule has 0 amide bonds. The Kier molecular flexibility index (Phi) is 16.4. The van der Waals surface area contributed by atoms with Crippen molar-refractivity contribution >= 4 is 68.6 Å². The van der Waals surface area contributed by atoms with E-state index in [2.05, 4.69) is 421 Å². The standard InChI is InChI=1S/C99H80BN3/c1-98(2,3)80-49-53-82(54-50-80)102-92-58-47-78(87-40-22-20-38-85(87)76-36-24-34-73(60-76)68-28-14-9-15-29-68)62-90(92)100-91-63-79(88-41-23-21-39-86(88)77-37-25-35-74(61-77)69-30-16-10-17-31-69)48-59-93(91)103(83-55-51-81(52-56-83)99(4,5)6)96-66-84(65-95(102)97(96)100)101(7)94-64-75(70-32-18-11-19-33-70)46-57-89(94)72-44-42-71(43-45-72)67-26-12-8-13-27-67/h8-66H,1-7H3. The second kappa shape index (κ2) is 26.4. The lowest BCUT2D eigenvalue weighted by Gasteiger charge is -2.45.